The lowest BCUT2D eigenvalue weighted by atomic mass is 9.95. The first kappa shape index (κ1) is 20.9. The number of hydrogen-bond donors (Lipinski definition) is 1. The molecule has 31 heavy (non-hydrogen) atoms. The van der Waals surface area contributed by atoms with E-state index >= 15 is 0 Å². The molecular weight excluding hydrogens is 414 g/mol. The molecule has 0 saturated carbocycles. The number of amides is 1. The number of nitrogens with one attached hydrogen (secondary N) is 1. The molecule has 0 aromatic heterocycles. The largest absolute Gasteiger partial charge is 0.495 e. The number of carbonyl (C=O) groups is 2. The van der Waals surface area contributed by atoms with Crippen molar-refractivity contribution in [2.75, 3.05) is 14.2 Å². The molecule has 4 rings (SSSR count). The van der Waals surface area contributed by atoms with Crippen LogP contribution in [-0.4, -0.2) is 32.1 Å². The Kier molecular flexibility index (Phi) is 5.96. The summed E-state index contributed by atoms with van der Waals surface area (Å²) < 4.78 is 10.1. The fourth-order valence-corrected chi connectivity index (χ4v) is 4.38. The number of fused-ring (bicyclic) bond motifs is 3. The summed E-state index contributed by atoms with van der Waals surface area (Å²) in [5.41, 5.74) is 4.72. The standard InChI is InChI=1S/C25H22ClNO4/c1-30-22-12-11-15(13-20(22)26)14-21(25(29)31-2)27-24(28)23-18-9-5-3-7-16(18)17-8-4-6-10-19(17)23/h3-13,21,23H,14H2,1-2H3,(H,27,28)/t21-/m1/s1. The van der Waals surface area contributed by atoms with Gasteiger partial charge in [-0.3, -0.25) is 4.79 Å². The fraction of sp³-hybridized carbons (Fsp3) is 0.200. The molecule has 6 heteroatoms. The summed E-state index contributed by atoms with van der Waals surface area (Å²) in [6.07, 6.45) is 0.248. The molecule has 0 fully saturated rings. The molecule has 5 nitrogen and oxygen atoms in total. The molecule has 1 N–H and O–H groups in total. The van der Waals surface area contributed by atoms with Crippen molar-refractivity contribution >= 4 is 23.5 Å². The minimum absolute atomic E-state index is 0.243. The molecule has 1 aliphatic carbocycles. The third-order valence-electron chi connectivity index (χ3n) is 5.55. The number of hydrogen-bond acceptors (Lipinski definition) is 4. The highest BCUT2D eigenvalue weighted by Crippen LogP contribution is 2.44. The van der Waals surface area contributed by atoms with Gasteiger partial charge in [-0.15, -0.1) is 0 Å². The maximum absolute atomic E-state index is 13.4. The molecular formula is C25H22ClNO4. The van der Waals surface area contributed by atoms with Crippen LogP contribution in [0.5, 0.6) is 5.75 Å². The highest BCUT2D eigenvalue weighted by molar-refractivity contribution is 6.32. The third-order valence-corrected chi connectivity index (χ3v) is 5.85. The summed E-state index contributed by atoms with van der Waals surface area (Å²) in [6, 6.07) is 20.1. The van der Waals surface area contributed by atoms with Gasteiger partial charge in [0.25, 0.3) is 0 Å². The summed E-state index contributed by atoms with van der Waals surface area (Å²) in [7, 11) is 2.85. The van der Waals surface area contributed by atoms with Gasteiger partial charge in [0.05, 0.1) is 25.2 Å². The molecule has 0 heterocycles. The lowest BCUT2D eigenvalue weighted by molar-refractivity contribution is -0.145. The second-order valence-corrected chi connectivity index (χ2v) is 7.77. The van der Waals surface area contributed by atoms with Gasteiger partial charge in [0.15, 0.2) is 0 Å². The van der Waals surface area contributed by atoms with Gasteiger partial charge in [0.2, 0.25) is 5.91 Å². The van der Waals surface area contributed by atoms with Crippen LogP contribution < -0.4 is 10.1 Å². The van der Waals surface area contributed by atoms with Gasteiger partial charge in [-0.2, -0.15) is 0 Å². The Morgan fingerprint density at radius 1 is 0.968 bits per heavy atom. The van der Waals surface area contributed by atoms with Crippen molar-refractivity contribution in [3.05, 3.63) is 88.4 Å². The monoisotopic (exact) mass is 435 g/mol. The minimum Gasteiger partial charge on any atom is -0.495 e. The first-order chi connectivity index (χ1) is 15.0. The predicted octanol–water partition coefficient (Wildman–Crippen LogP) is 4.36. The van der Waals surface area contributed by atoms with E-state index in [-0.39, 0.29) is 12.3 Å². The van der Waals surface area contributed by atoms with Crippen molar-refractivity contribution in [2.45, 2.75) is 18.4 Å². The molecule has 0 saturated heterocycles. The number of methoxy groups -OCH3 is 2. The number of carbonyl (C=O) groups excluding carboxylic acids is 2. The molecule has 0 bridgehead atoms. The quantitative estimate of drug-likeness (QED) is 0.584. The SMILES string of the molecule is COC(=O)[C@@H](Cc1ccc(OC)c(Cl)c1)NC(=O)C1c2ccccc2-c2ccccc21. The third kappa shape index (κ3) is 4.01. The van der Waals surface area contributed by atoms with Crippen molar-refractivity contribution in [3.63, 3.8) is 0 Å². The maximum atomic E-state index is 13.4. The first-order valence-corrected chi connectivity index (χ1v) is 10.3. The Balaban J connectivity index is 1.61. The lowest BCUT2D eigenvalue weighted by Gasteiger charge is -2.20. The predicted molar refractivity (Wildman–Crippen MR) is 119 cm³/mol. The molecule has 158 valence electrons. The summed E-state index contributed by atoms with van der Waals surface area (Å²) in [5, 5.41) is 3.34. The van der Waals surface area contributed by atoms with Gasteiger partial charge < -0.3 is 14.8 Å². The zero-order valence-corrected chi connectivity index (χ0v) is 18.0. The molecule has 0 spiro atoms. The molecule has 1 amide bonds. The highest BCUT2D eigenvalue weighted by atomic mass is 35.5. The normalized spacial score (nSPS) is 13.1. The lowest BCUT2D eigenvalue weighted by Crippen LogP contribution is -2.45. The van der Waals surface area contributed by atoms with Crippen LogP contribution in [0.4, 0.5) is 0 Å². The van der Waals surface area contributed by atoms with Crippen LogP contribution in [0.1, 0.15) is 22.6 Å². The van der Waals surface area contributed by atoms with E-state index in [2.05, 4.69) is 5.32 Å². The number of rotatable bonds is 6. The van der Waals surface area contributed by atoms with E-state index in [9.17, 15) is 9.59 Å². The van der Waals surface area contributed by atoms with Crippen LogP contribution in [0, 0.1) is 0 Å². The number of halogens is 1. The van der Waals surface area contributed by atoms with Crippen LogP contribution in [-0.2, 0) is 20.7 Å². The summed E-state index contributed by atoms with van der Waals surface area (Å²) in [5.74, 6) is -0.700. The number of esters is 1. The van der Waals surface area contributed by atoms with E-state index in [1.54, 1.807) is 12.1 Å². The summed E-state index contributed by atoms with van der Waals surface area (Å²) in [6.45, 7) is 0. The molecule has 1 atom stereocenters. The smallest absolute Gasteiger partial charge is 0.328 e. The Labute approximate surface area is 185 Å². The van der Waals surface area contributed by atoms with Crippen LogP contribution >= 0.6 is 11.6 Å². The van der Waals surface area contributed by atoms with E-state index in [1.165, 1.54) is 14.2 Å². The highest BCUT2D eigenvalue weighted by Gasteiger charge is 2.35. The zero-order valence-electron chi connectivity index (χ0n) is 17.2. The van der Waals surface area contributed by atoms with E-state index in [1.807, 2.05) is 54.6 Å². The second kappa shape index (κ2) is 8.82. The Bertz CT molecular complexity index is 1100. The molecule has 0 radical (unpaired) electrons. The Morgan fingerprint density at radius 3 is 2.13 bits per heavy atom. The molecule has 0 aliphatic heterocycles. The van der Waals surface area contributed by atoms with Gasteiger partial charge in [0, 0.05) is 6.42 Å². The zero-order chi connectivity index (χ0) is 22.0. The number of ether oxygens (including phenoxy) is 2. The topological polar surface area (TPSA) is 64.6 Å². The van der Waals surface area contributed by atoms with E-state index in [0.29, 0.717) is 10.8 Å². The Morgan fingerprint density at radius 2 is 1.58 bits per heavy atom. The molecule has 3 aromatic carbocycles. The molecule has 1 aliphatic rings. The van der Waals surface area contributed by atoms with Crippen molar-refractivity contribution in [1.82, 2.24) is 5.32 Å². The minimum atomic E-state index is -0.845. The van der Waals surface area contributed by atoms with Crippen LogP contribution in [0.2, 0.25) is 5.02 Å². The van der Waals surface area contributed by atoms with Crippen LogP contribution in [0.15, 0.2) is 66.7 Å². The fourth-order valence-electron chi connectivity index (χ4n) is 4.10. The first-order valence-electron chi connectivity index (χ1n) is 9.92. The van der Waals surface area contributed by atoms with Gasteiger partial charge in [-0.05, 0) is 39.9 Å². The average Bonchev–Trinajstić information content (AvgIpc) is 3.13. The van der Waals surface area contributed by atoms with E-state index in [4.69, 9.17) is 21.1 Å². The van der Waals surface area contributed by atoms with Crippen LogP contribution in [0.3, 0.4) is 0 Å². The van der Waals surface area contributed by atoms with Gasteiger partial charge in [-0.25, -0.2) is 4.79 Å². The van der Waals surface area contributed by atoms with Crippen LogP contribution in [0.25, 0.3) is 11.1 Å². The van der Waals surface area contributed by atoms with Gasteiger partial charge >= 0.3 is 5.97 Å². The van der Waals surface area contributed by atoms with Crippen molar-refractivity contribution in [3.8, 4) is 16.9 Å². The maximum Gasteiger partial charge on any atom is 0.328 e. The van der Waals surface area contributed by atoms with Crippen molar-refractivity contribution < 1.29 is 19.1 Å². The number of benzene rings is 3. The molecule has 3 aromatic rings. The Hall–Kier alpha value is -3.31. The van der Waals surface area contributed by atoms with E-state index < -0.39 is 17.9 Å². The van der Waals surface area contributed by atoms with Gasteiger partial charge in [-0.1, -0.05) is 66.2 Å². The summed E-state index contributed by atoms with van der Waals surface area (Å²) in [4.78, 5) is 25.9. The van der Waals surface area contributed by atoms with Gasteiger partial charge in [0.1, 0.15) is 11.8 Å². The second-order valence-electron chi connectivity index (χ2n) is 7.36. The van der Waals surface area contributed by atoms with E-state index in [0.717, 1.165) is 27.8 Å². The average molecular weight is 436 g/mol. The van der Waals surface area contributed by atoms with Crippen molar-refractivity contribution in [1.29, 1.82) is 0 Å². The van der Waals surface area contributed by atoms with Crippen molar-refractivity contribution in [2.24, 2.45) is 0 Å². The summed E-state index contributed by atoms with van der Waals surface area (Å²) >= 11 is 6.22. The molecule has 0 unspecified atom stereocenters.